The molecule has 1 saturated heterocycles. The molecule has 1 aliphatic heterocycles. The van der Waals surface area contributed by atoms with Gasteiger partial charge in [0, 0.05) is 13.1 Å². The van der Waals surface area contributed by atoms with Gasteiger partial charge in [-0.15, -0.1) is 17.0 Å². The Bertz CT molecular complexity index is 177. The number of methoxy groups -OCH3 is 1. The summed E-state index contributed by atoms with van der Waals surface area (Å²) < 4.78 is 4.58. The zero-order valence-electron chi connectivity index (χ0n) is 7.90. The van der Waals surface area contributed by atoms with E-state index >= 15 is 0 Å². The lowest BCUT2D eigenvalue weighted by Crippen LogP contribution is -2.45. The quantitative estimate of drug-likeness (QED) is 0.672. The van der Waals surface area contributed by atoms with Gasteiger partial charge in [-0.2, -0.15) is 0 Å². The normalized spacial score (nSPS) is 29.2. The summed E-state index contributed by atoms with van der Waals surface area (Å²) in [7, 11) is 3.28. The van der Waals surface area contributed by atoms with Crippen molar-refractivity contribution in [2.45, 2.75) is 12.5 Å². The number of piperidine rings is 1. The van der Waals surface area contributed by atoms with Crippen LogP contribution in [0.3, 0.4) is 0 Å². The number of aliphatic hydroxyl groups excluding tert-OH is 1. The Labute approximate surface area is 88.6 Å². The number of carbonyl (C=O) groups excluding carboxylic acids is 1. The molecule has 0 radical (unpaired) electrons. The summed E-state index contributed by atoms with van der Waals surface area (Å²) in [6.07, 6.45) is 0.115. The van der Waals surface area contributed by atoms with E-state index in [9.17, 15) is 9.90 Å². The van der Waals surface area contributed by atoms with Crippen molar-refractivity contribution >= 4 is 23.0 Å². The number of esters is 1. The number of aliphatic hydroxyl groups is 1. The first kappa shape index (κ1) is 12.9. The Morgan fingerprint density at radius 2 is 2.23 bits per heavy atom. The summed E-state index contributed by atoms with van der Waals surface area (Å²) in [5.41, 5.74) is 0. The molecule has 1 heterocycles. The first-order valence-electron chi connectivity index (χ1n) is 4.09. The third-order valence-electron chi connectivity index (χ3n) is 2.28. The van der Waals surface area contributed by atoms with Crippen molar-refractivity contribution in [1.82, 2.24) is 4.90 Å². The number of ether oxygens (including phenoxy) is 1. The van der Waals surface area contributed by atoms with Gasteiger partial charge in [-0.3, -0.25) is 4.79 Å². The Kier molecular flexibility index (Phi) is 5.51. The topological polar surface area (TPSA) is 49.8 Å². The van der Waals surface area contributed by atoms with Crippen LogP contribution >= 0.6 is 17.0 Å². The van der Waals surface area contributed by atoms with Crippen LogP contribution in [0.2, 0.25) is 0 Å². The molecule has 0 aromatic heterocycles. The van der Waals surface area contributed by atoms with Gasteiger partial charge in [-0.25, -0.2) is 0 Å². The first-order valence-corrected chi connectivity index (χ1v) is 4.09. The molecule has 0 amide bonds. The molecule has 78 valence electrons. The smallest absolute Gasteiger partial charge is 0.312 e. The van der Waals surface area contributed by atoms with Crippen molar-refractivity contribution in [3.63, 3.8) is 0 Å². The summed E-state index contributed by atoms with van der Waals surface area (Å²) in [4.78, 5) is 13.1. The fourth-order valence-electron chi connectivity index (χ4n) is 1.49. The Morgan fingerprint density at radius 1 is 1.62 bits per heavy atom. The van der Waals surface area contributed by atoms with Gasteiger partial charge in [-0.05, 0) is 13.5 Å². The van der Waals surface area contributed by atoms with Gasteiger partial charge in [-0.1, -0.05) is 0 Å². The van der Waals surface area contributed by atoms with Crippen molar-refractivity contribution < 1.29 is 14.6 Å². The molecule has 0 bridgehead atoms. The molecule has 1 N–H and O–H groups in total. The summed E-state index contributed by atoms with van der Waals surface area (Å²) in [6.45, 7) is 1.43. The lowest BCUT2D eigenvalue weighted by molar-refractivity contribution is -0.152. The zero-order valence-corrected chi connectivity index (χ0v) is 9.61. The highest BCUT2D eigenvalue weighted by molar-refractivity contribution is 8.93. The molecule has 0 aromatic carbocycles. The first-order chi connectivity index (χ1) is 5.65. The molecule has 0 saturated carbocycles. The van der Waals surface area contributed by atoms with Gasteiger partial charge in [0.15, 0.2) is 0 Å². The van der Waals surface area contributed by atoms with Crippen LogP contribution in [0.5, 0.6) is 0 Å². The standard InChI is InChI=1S/C8H15NO3.BrH/c1-9-4-3-7(10)6(5-9)8(11)12-2;/h6-7,10H,3-5H2,1-2H3;1H/t6-,7+;/m1./s1. The van der Waals surface area contributed by atoms with E-state index in [-0.39, 0.29) is 28.9 Å². The molecule has 0 aliphatic carbocycles. The maximum Gasteiger partial charge on any atom is 0.312 e. The number of likely N-dealkylation sites (tertiary alicyclic amines) is 1. The van der Waals surface area contributed by atoms with Crippen LogP contribution in [-0.2, 0) is 9.53 Å². The lowest BCUT2D eigenvalue weighted by atomic mass is 9.95. The van der Waals surface area contributed by atoms with Gasteiger partial charge in [0.2, 0.25) is 0 Å². The average molecular weight is 254 g/mol. The molecule has 0 spiro atoms. The van der Waals surface area contributed by atoms with Crippen molar-refractivity contribution in [2.24, 2.45) is 5.92 Å². The molecule has 1 fully saturated rings. The SMILES string of the molecule is Br.COC(=O)[C@@H]1CN(C)CC[C@@H]1O. The number of rotatable bonds is 1. The van der Waals surface area contributed by atoms with Gasteiger partial charge < -0.3 is 14.7 Å². The second kappa shape index (κ2) is 5.57. The lowest BCUT2D eigenvalue weighted by Gasteiger charge is -2.31. The molecule has 4 nitrogen and oxygen atoms in total. The summed E-state index contributed by atoms with van der Waals surface area (Å²) in [5, 5.41) is 9.46. The van der Waals surface area contributed by atoms with Gasteiger partial charge in [0.05, 0.1) is 19.1 Å². The number of hydrogen-bond acceptors (Lipinski definition) is 4. The third-order valence-corrected chi connectivity index (χ3v) is 2.28. The number of hydrogen-bond donors (Lipinski definition) is 1. The molecule has 0 unspecified atom stereocenters. The number of nitrogens with zero attached hydrogens (tertiary/aromatic N) is 1. The van der Waals surface area contributed by atoms with Crippen LogP contribution in [0, 0.1) is 5.92 Å². The van der Waals surface area contributed by atoms with E-state index in [1.807, 2.05) is 11.9 Å². The van der Waals surface area contributed by atoms with Crippen LogP contribution in [0.4, 0.5) is 0 Å². The average Bonchev–Trinajstić information content (AvgIpc) is 2.08. The number of carbonyl (C=O) groups is 1. The van der Waals surface area contributed by atoms with Crippen molar-refractivity contribution in [1.29, 1.82) is 0 Å². The van der Waals surface area contributed by atoms with Crippen LogP contribution in [-0.4, -0.2) is 49.3 Å². The molecule has 1 aliphatic rings. The third kappa shape index (κ3) is 3.25. The van der Waals surface area contributed by atoms with Crippen LogP contribution < -0.4 is 0 Å². The highest BCUT2D eigenvalue weighted by atomic mass is 79.9. The summed E-state index contributed by atoms with van der Waals surface area (Å²) in [5.74, 6) is -0.678. The van der Waals surface area contributed by atoms with Crippen LogP contribution in [0.15, 0.2) is 0 Å². The molecular formula is C8H16BrNO3. The monoisotopic (exact) mass is 253 g/mol. The van der Waals surface area contributed by atoms with Crippen LogP contribution in [0.1, 0.15) is 6.42 Å². The molecule has 2 atom stereocenters. The Hall–Kier alpha value is -0.130. The maximum absolute atomic E-state index is 11.1. The second-order valence-electron chi connectivity index (χ2n) is 3.25. The van der Waals surface area contributed by atoms with E-state index in [1.54, 1.807) is 0 Å². The molecule has 13 heavy (non-hydrogen) atoms. The minimum atomic E-state index is -0.534. The molecule has 0 aromatic rings. The van der Waals surface area contributed by atoms with Crippen molar-refractivity contribution in [3.8, 4) is 0 Å². The minimum Gasteiger partial charge on any atom is -0.469 e. The van der Waals surface area contributed by atoms with E-state index in [0.717, 1.165) is 6.54 Å². The minimum absolute atomic E-state index is 0. The predicted molar refractivity (Wildman–Crippen MR) is 53.9 cm³/mol. The van der Waals surface area contributed by atoms with Crippen molar-refractivity contribution in [3.05, 3.63) is 0 Å². The fourth-order valence-corrected chi connectivity index (χ4v) is 1.49. The maximum atomic E-state index is 11.1. The highest BCUT2D eigenvalue weighted by Crippen LogP contribution is 2.16. The molecular weight excluding hydrogens is 238 g/mol. The Balaban J connectivity index is 0.00000144. The van der Waals surface area contributed by atoms with Gasteiger partial charge in [0.25, 0.3) is 0 Å². The summed E-state index contributed by atoms with van der Waals surface area (Å²) in [6, 6.07) is 0. The summed E-state index contributed by atoms with van der Waals surface area (Å²) >= 11 is 0. The van der Waals surface area contributed by atoms with E-state index < -0.39 is 6.10 Å². The van der Waals surface area contributed by atoms with Crippen molar-refractivity contribution in [2.75, 3.05) is 27.2 Å². The molecule has 1 rings (SSSR count). The van der Waals surface area contributed by atoms with E-state index in [4.69, 9.17) is 0 Å². The van der Waals surface area contributed by atoms with E-state index in [0.29, 0.717) is 13.0 Å². The predicted octanol–water partition coefficient (Wildman–Crippen LogP) is 0.0499. The molecule has 5 heteroatoms. The fraction of sp³-hybridized carbons (Fsp3) is 0.875. The zero-order chi connectivity index (χ0) is 9.14. The van der Waals surface area contributed by atoms with Gasteiger partial charge in [0.1, 0.15) is 0 Å². The van der Waals surface area contributed by atoms with Gasteiger partial charge >= 0.3 is 5.97 Å². The second-order valence-corrected chi connectivity index (χ2v) is 3.25. The largest absolute Gasteiger partial charge is 0.469 e. The highest BCUT2D eigenvalue weighted by Gasteiger charge is 2.32. The van der Waals surface area contributed by atoms with Crippen LogP contribution in [0.25, 0.3) is 0 Å². The van der Waals surface area contributed by atoms with E-state index in [2.05, 4.69) is 4.74 Å². The van der Waals surface area contributed by atoms with E-state index in [1.165, 1.54) is 7.11 Å². The Morgan fingerprint density at radius 3 is 2.77 bits per heavy atom. The number of halogens is 1.